The lowest BCUT2D eigenvalue weighted by Crippen LogP contribution is -2.15. The van der Waals surface area contributed by atoms with E-state index in [1.807, 2.05) is 42.5 Å². The van der Waals surface area contributed by atoms with Crippen LogP contribution in [0.5, 0.6) is 5.75 Å². The monoisotopic (exact) mass is 449 g/mol. The van der Waals surface area contributed by atoms with E-state index in [0.717, 1.165) is 22.5 Å². The van der Waals surface area contributed by atoms with E-state index in [0.29, 0.717) is 22.4 Å². The Morgan fingerprint density at radius 3 is 2.66 bits per heavy atom. The molecule has 0 amide bonds. The smallest absolute Gasteiger partial charge is 0.344 e. The molecule has 3 aromatic carbocycles. The summed E-state index contributed by atoms with van der Waals surface area (Å²) in [5, 5.41) is 11.7. The predicted octanol–water partition coefficient (Wildman–Crippen LogP) is 5.14. The Morgan fingerprint density at radius 2 is 1.88 bits per heavy atom. The highest BCUT2D eigenvalue weighted by molar-refractivity contribution is 8.03. The number of hydrogen-bond acceptors (Lipinski definition) is 7. The zero-order valence-electron chi connectivity index (χ0n) is 17.1. The maximum atomic E-state index is 12.0. The van der Waals surface area contributed by atoms with Gasteiger partial charge in [-0.15, -0.1) is 0 Å². The van der Waals surface area contributed by atoms with E-state index in [2.05, 4.69) is 4.98 Å². The van der Waals surface area contributed by atoms with E-state index in [-0.39, 0.29) is 23.3 Å². The van der Waals surface area contributed by atoms with E-state index in [9.17, 15) is 14.7 Å². The lowest BCUT2D eigenvalue weighted by atomic mass is 10.0. The first-order valence-corrected chi connectivity index (χ1v) is 10.7. The fraction of sp³-hybridized carbons (Fsp3) is 0.125. The average Bonchev–Trinajstić information content (AvgIpc) is 3.20. The number of benzene rings is 3. The molecule has 0 aliphatic rings. The van der Waals surface area contributed by atoms with Gasteiger partial charge in [-0.3, -0.25) is 0 Å². The Morgan fingerprint density at radius 1 is 1.09 bits per heavy atom. The number of hydrogen-bond donors (Lipinski definition) is 1. The Kier molecular flexibility index (Phi) is 6.42. The van der Waals surface area contributed by atoms with Gasteiger partial charge in [0, 0.05) is 5.56 Å². The molecule has 1 aromatic heterocycles. The van der Waals surface area contributed by atoms with Crippen LogP contribution in [0.15, 0.2) is 75.2 Å². The first-order chi connectivity index (χ1) is 15.5. The summed E-state index contributed by atoms with van der Waals surface area (Å²) >= 11 is 0.904. The lowest BCUT2D eigenvalue weighted by Gasteiger charge is -2.12. The molecule has 0 fully saturated rings. The van der Waals surface area contributed by atoms with Crippen molar-refractivity contribution in [3.8, 4) is 5.75 Å². The second-order valence-electron chi connectivity index (χ2n) is 6.66. The minimum absolute atomic E-state index is 0.00565. The summed E-state index contributed by atoms with van der Waals surface area (Å²) in [5.41, 5.74) is 1.75. The Hall–Kier alpha value is -3.78. The number of ether oxygens (including phenoxy) is 2. The van der Waals surface area contributed by atoms with E-state index >= 15 is 0 Å². The van der Waals surface area contributed by atoms with Gasteiger partial charge in [0.1, 0.15) is 16.2 Å². The summed E-state index contributed by atoms with van der Waals surface area (Å²) < 4.78 is 16.3. The van der Waals surface area contributed by atoms with Crippen molar-refractivity contribution in [2.24, 2.45) is 0 Å². The van der Waals surface area contributed by atoms with Crippen molar-refractivity contribution in [2.45, 2.75) is 12.1 Å². The van der Waals surface area contributed by atoms with Gasteiger partial charge in [0.2, 0.25) is 0 Å². The summed E-state index contributed by atoms with van der Waals surface area (Å²) in [7, 11) is 0. The van der Waals surface area contributed by atoms with Crippen molar-refractivity contribution >= 4 is 51.6 Å². The fourth-order valence-corrected chi connectivity index (χ4v) is 3.87. The Balaban J connectivity index is 1.74. The Bertz CT molecular complexity index is 1290. The topological polar surface area (TPSA) is 98.9 Å². The van der Waals surface area contributed by atoms with Crippen LogP contribution >= 0.6 is 11.8 Å². The van der Waals surface area contributed by atoms with Crippen LogP contribution in [0.4, 0.5) is 0 Å². The molecule has 4 aromatic rings. The molecule has 0 radical (unpaired) electrons. The van der Waals surface area contributed by atoms with Crippen LogP contribution in [0.3, 0.4) is 0 Å². The fourth-order valence-electron chi connectivity index (χ4n) is 3.14. The molecule has 4 rings (SSSR count). The average molecular weight is 449 g/mol. The molecule has 0 unspecified atom stereocenters. The van der Waals surface area contributed by atoms with E-state index in [1.54, 1.807) is 25.1 Å². The van der Waals surface area contributed by atoms with Crippen molar-refractivity contribution in [1.29, 1.82) is 0 Å². The Labute approximate surface area is 187 Å². The summed E-state index contributed by atoms with van der Waals surface area (Å²) in [5.74, 6) is -1.27. The zero-order valence-corrected chi connectivity index (χ0v) is 17.9. The second kappa shape index (κ2) is 9.57. The third-order valence-electron chi connectivity index (χ3n) is 4.54. The molecule has 0 atom stereocenters. The molecule has 0 saturated carbocycles. The number of thioether (sulfide) groups is 1. The zero-order chi connectivity index (χ0) is 22.5. The number of nitrogens with zero attached hydrogens (tertiary/aromatic N) is 1. The van der Waals surface area contributed by atoms with Gasteiger partial charge in [-0.25, -0.2) is 14.6 Å². The first kappa shape index (κ1) is 21.5. The highest BCUT2D eigenvalue weighted by Gasteiger charge is 2.18. The third kappa shape index (κ3) is 4.76. The van der Waals surface area contributed by atoms with Gasteiger partial charge in [-0.2, -0.15) is 0 Å². The summed E-state index contributed by atoms with van der Waals surface area (Å²) in [4.78, 5) is 28.2. The van der Waals surface area contributed by atoms with Gasteiger partial charge < -0.3 is 19.0 Å². The molecular weight excluding hydrogens is 430 g/mol. The van der Waals surface area contributed by atoms with Crippen molar-refractivity contribution in [3.63, 3.8) is 0 Å². The van der Waals surface area contributed by atoms with Gasteiger partial charge in [0.05, 0.1) is 6.61 Å². The number of carboxylic acid groups (broad SMARTS) is 1. The van der Waals surface area contributed by atoms with Crippen molar-refractivity contribution in [1.82, 2.24) is 4.98 Å². The number of carbonyl (C=O) groups excluding carboxylic acids is 1. The van der Waals surface area contributed by atoms with Crippen molar-refractivity contribution < 1.29 is 28.6 Å². The normalized spacial score (nSPS) is 11.6. The molecular formula is C24H19NO6S. The molecule has 0 aliphatic heterocycles. The number of esters is 1. The number of rotatable bonds is 8. The van der Waals surface area contributed by atoms with E-state index in [1.165, 1.54) is 6.08 Å². The third-order valence-corrected chi connectivity index (χ3v) is 5.40. The number of fused-ring (bicyclic) bond motifs is 2. The van der Waals surface area contributed by atoms with Gasteiger partial charge in [0.15, 0.2) is 12.2 Å². The minimum Gasteiger partial charge on any atom is -0.481 e. The van der Waals surface area contributed by atoms with Gasteiger partial charge >= 0.3 is 11.9 Å². The van der Waals surface area contributed by atoms with Crippen LogP contribution in [0.2, 0.25) is 0 Å². The minimum atomic E-state index is -1.14. The SMILES string of the molecule is CCOC(=O)COc1ccc2ccccc2c1/C=C(\Sc1nc2ccccc2o1)C(=O)O. The van der Waals surface area contributed by atoms with Crippen LogP contribution < -0.4 is 4.74 Å². The quantitative estimate of drug-likeness (QED) is 0.224. The first-order valence-electron chi connectivity index (χ1n) is 9.83. The molecule has 0 bridgehead atoms. The van der Waals surface area contributed by atoms with Crippen LogP contribution in [-0.2, 0) is 14.3 Å². The number of carbonyl (C=O) groups is 2. The van der Waals surface area contributed by atoms with Gasteiger partial charge in [-0.05, 0) is 53.7 Å². The number of aromatic nitrogens is 1. The number of aliphatic carboxylic acids is 1. The summed E-state index contributed by atoms with van der Waals surface area (Å²) in [6.07, 6.45) is 1.50. The molecule has 8 heteroatoms. The standard InChI is InChI=1S/C24H19NO6S/c1-2-29-22(26)14-30-19-12-11-15-7-3-4-8-16(15)17(19)13-21(23(27)28)32-24-25-18-9-5-6-10-20(18)31-24/h3-13H,2,14H2,1H3,(H,27,28)/b21-13-. The molecule has 1 N–H and O–H groups in total. The molecule has 1 heterocycles. The van der Waals surface area contributed by atoms with Crippen LogP contribution in [0.1, 0.15) is 12.5 Å². The van der Waals surface area contributed by atoms with Gasteiger partial charge in [-0.1, -0.05) is 42.5 Å². The highest BCUT2D eigenvalue weighted by Crippen LogP contribution is 2.35. The molecule has 7 nitrogen and oxygen atoms in total. The number of oxazole rings is 1. The van der Waals surface area contributed by atoms with E-state index in [4.69, 9.17) is 13.9 Å². The highest BCUT2D eigenvalue weighted by atomic mass is 32.2. The summed E-state index contributed by atoms with van der Waals surface area (Å²) in [6, 6.07) is 18.3. The molecule has 162 valence electrons. The van der Waals surface area contributed by atoms with Crippen LogP contribution in [0.25, 0.3) is 27.9 Å². The molecule has 0 aliphatic carbocycles. The molecule has 0 spiro atoms. The maximum Gasteiger partial charge on any atom is 0.344 e. The molecule has 32 heavy (non-hydrogen) atoms. The van der Waals surface area contributed by atoms with Crippen LogP contribution in [-0.4, -0.2) is 35.2 Å². The lowest BCUT2D eigenvalue weighted by molar-refractivity contribution is -0.145. The number of carboxylic acids is 1. The number of para-hydroxylation sites is 2. The molecule has 0 saturated heterocycles. The maximum absolute atomic E-state index is 12.0. The largest absolute Gasteiger partial charge is 0.481 e. The summed E-state index contributed by atoms with van der Waals surface area (Å²) in [6.45, 7) is 1.68. The second-order valence-corrected chi connectivity index (χ2v) is 7.65. The van der Waals surface area contributed by atoms with Crippen LogP contribution in [0, 0.1) is 0 Å². The van der Waals surface area contributed by atoms with E-state index < -0.39 is 11.9 Å². The van der Waals surface area contributed by atoms with Crippen molar-refractivity contribution in [2.75, 3.05) is 13.2 Å². The van der Waals surface area contributed by atoms with Crippen molar-refractivity contribution in [3.05, 3.63) is 71.1 Å². The predicted molar refractivity (Wildman–Crippen MR) is 122 cm³/mol. The van der Waals surface area contributed by atoms with Gasteiger partial charge in [0.25, 0.3) is 5.22 Å².